The molecule has 0 aromatic heterocycles. The van der Waals surface area contributed by atoms with Crippen LogP contribution in [-0.4, -0.2) is 5.54 Å². The van der Waals surface area contributed by atoms with Crippen molar-refractivity contribution in [3.8, 4) is 0 Å². The van der Waals surface area contributed by atoms with Gasteiger partial charge in [0.15, 0.2) is 0 Å². The van der Waals surface area contributed by atoms with Crippen LogP contribution in [0.15, 0.2) is 22.7 Å². The molecular formula is C17H25BrFN. The number of nitrogens with two attached hydrogens (primary N) is 1. The fraction of sp³-hybridized carbons (Fsp3) is 0.647. The van der Waals surface area contributed by atoms with Gasteiger partial charge in [-0.2, -0.15) is 0 Å². The highest BCUT2D eigenvalue weighted by molar-refractivity contribution is 9.10. The number of benzene rings is 1. The summed E-state index contributed by atoms with van der Waals surface area (Å²) in [5.41, 5.74) is 7.63. The Kier molecular flexibility index (Phi) is 5.25. The molecule has 1 nitrogen and oxygen atoms in total. The van der Waals surface area contributed by atoms with E-state index in [2.05, 4.69) is 29.8 Å². The van der Waals surface area contributed by atoms with Gasteiger partial charge < -0.3 is 5.73 Å². The SMILES string of the molecule is CC(C)C1CCCC(N)(Cc2ccc(F)cc2Br)CC1. The molecule has 1 aliphatic rings. The Labute approximate surface area is 130 Å². The Balaban J connectivity index is 2.07. The molecule has 0 saturated heterocycles. The van der Waals surface area contributed by atoms with E-state index in [1.165, 1.54) is 31.4 Å². The lowest BCUT2D eigenvalue weighted by atomic mass is 9.83. The third-order valence-corrected chi connectivity index (χ3v) is 5.50. The molecule has 0 radical (unpaired) electrons. The fourth-order valence-corrected chi connectivity index (χ4v) is 3.84. The highest BCUT2D eigenvalue weighted by Gasteiger charge is 2.30. The zero-order valence-electron chi connectivity index (χ0n) is 12.5. The predicted molar refractivity (Wildman–Crippen MR) is 86.1 cm³/mol. The van der Waals surface area contributed by atoms with E-state index in [9.17, 15) is 4.39 Å². The maximum absolute atomic E-state index is 13.2. The topological polar surface area (TPSA) is 26.0 Å². The third-order valence-electron chi connectivity index (χ3n) is 4.76. The first-order valence-electron chi connectivity index (χ1n) is 7.62. The van der Waals surface area contributed by atoms with Crippen molar-refractivity contribution in [2.45, 2.75) is 57.9 Å². The summed E-state index contributed by atoms with van der Waals surface area (Å²) in [5.74, 6) is 1.35. The van der Waals surface area contributed by atoms with Crippen LogP contribution in [0, 0.1) is 17.7 Å². The normalized spacial score (nSPS) is 27.6. The van der Waals surface area contributed by atoms with Crippen molar-refractivity contribution in [1.29, 1.82) is 0 Å². The first kappa shape index (κ1) is 16.0. The first-order valence-corrected chi connectivity index (χ1v) is 8.42. The standard InChI is InChI=1S/C17H25BrFN/c1-12(2)13-4-3-8-17(20,9-7-13)11-14-5-6-15(19)10-16(14)18/h5-6,10,12-13H,3-4,7-9,11,20H2,1-2H3. The van der Waals surface area contributed by atoms with Gasteiger partial charge in [0, 0.05) is 10.0 Å². The highest BCUT2D eigenvalue weighted by atomic mass is 79.9. The lowest BCUT2D eigenvalue weighted by Gasteiger charge is -2.29. The third kappa shape index (κ3) is 4.05. The quantitative estimate of drug-likeness (QED) is 0.763. The van der Waals surface area contributed by atoms with E-state index in [-0.39, 0.29) is 11.4 Å². The van der Waals surface area contributed by atoms with Crippen LogP contribution in [0.4, 0.5) is 4.39 Å². The van der Waals surface area contributed by atoms with Crippen molar-refractivity contribution in [2.75, 3.05) is 0 Å². The molecule has 2 N–H and O–H groups in total. The van der Waals surface area contributed by atoms with Gasteiger partial charge >= 0.3 is 0 Å². The van der Waals surface area contributed by atoms with Crippen LogP contribution >= 0.6 is 15.9 Å². The van der Waals surface area contributed by atoms with E-state index in [1.54, 1.807) is 0 Å². The van der Waals surface area contributed by atoms with E-state index < -0.39 is 0 Å². The molecule has 0 amide bonds. The summed E-state index contributed by atoms with van der Waals surface area (Å²) in [6.45, 7) is 4.62. The van der Waals surface area contributed by atoms with Gasteiger partial charge in [0.1, 0.15) is 5.82 Å². The minimum atomic E-state index is -0.201. The Morgan fingerprint density at radius 3 is 2.75 bits per heavy atom. The summed E-state index contributed by atoms with van der Waals surface area (Å²) >= 11 is 3.46. The molecule has 2 rings (SSSR count). The molecule has 20 heavy (non-hydrogen) atoms. The summed E-state index contributed by atoms with van der Waals surface area (Å²) in [7, 11) is 0. The molecule has 2 unspecified atom stereocenters. The van der Waals surface area contributed by atoms with Crippen molar-refractivity contribution >= 4 is 15.9 Å². The molecule has 0 spiro atoms. The summed E-state index contributed by atoms with van der Waals surface area (Å²) in [6.07, 6.45) is 6.69. The minimum Gasteiger partial charge on any atom is -0.325 e. The second kappa shape index (κ2) is 6.57. The second-order valence-electron chi connectivity index (χ2n) is 6.71. The zero-order valence-corrected chi connectivity index (χ0v) is 14.0. The average molecular weight is 342 g/mol. The molecule has 1 saturated carbocycles. The Morgan fingerprint density at radius 2 is 2.10 bits per heavy atom. The van der Waals surface area contributed by atoms with Crippen molar-refractivity contribution in [3.05, 3.63) is 34.1 Å². The van der Waals surface area contributed by atoms with Crippen molar-refractivity contribution in [2.24, 2.45) is 17.6 Å². The van der Waals surface area contributed by atoms with Gasteiger partial charge in [-0.15, -0.1) is 0 Å². The maximum atomic E-state index is 13.2. The highest BCUT2D eigenvalue weighted by Crippen LogP contribution is 2.35. The van der Waals surface area contributed by atoms with E-state index in [0.717, 1.165) is 41.1 Å². The van der Waals surface area contributed by atoms with Crippen LogP contribution in [0.3, 0.4) is 0 Å². The van der Waals surface area contributed by atoms with Gasteiger partial charge in [-0.3, -0.25) is 0 Å². The van der Waals surface area contributed by atoms with Crippen molar-refractivity contribution in [3.63, 3.8) is 0 Å². The molecule has 0 aliphatic heterocycles. The molecule has 112 valence electrons. The lowest BCUT2D eigenvalue weighted by molar-refractivity contribution is 0.321. The van der Waals surface area contributed by atoms with Crippen molar-refractivity contribution < 1.29 is 4.39 Å². The Morgan fingerprint density at radius 1 is 1.35 bits per heavy atom. The van der Waals surface area contributed by atoms with Crippen LogP contribution < -0.4 is 5.73 Å². The second-order valence-corrected chi connectivity index (χ2v) is 7.56. The molecule has 2 atom stereocenters. The molecule has 1 fully saturated rings. The number of hydrogen-bond acceptors (Lipinski definition) is 1. The van der Waals surface area contributed by atoms with Crippen LogP contribution in [0.25, 0.3) is 0 Å². The average Bonchev–Trinajstić information content (AvgIpc) is 2.55. The van der Waals surface area contributed by atoms with E-state index >= 15 is 0 Å². The maximum Gasteiger partial charge on any atom is 0.124 e. The fourth-order valence-electron chi connectivity index (χ4n) is 3.35. The van der Waals surface area contributed by atoms with Gasteiger partial charge in [0.05, 0.1) is 0 Å². The van der Waals surface area contributed by atoms with Crippen LogP contribution in [-0.2, 0) is 6.42 Å². The number of hydrogen-bond donors (Lipinski definition) is 1. The first-order chi connectivity index (χ1) is 9.39. The summed E-state index contributed by atoms with van der Waals surface area (Å²) in [6, 6.07) is 4.92. The van der Waals surface area contributed by atoms with E-state index in [1.807, 2.05) is 6.07 Å². The summed E-state index contributed by atoms with van der Waals surface area (Å²) in [5, 5.41) is 0. The van der Waals surface area contributed by atoms with Crippen molar-refractivity contribution in [1.82, 2.24) is 0 Å². The van der Waals surface area contributed by atoms with Gasteiger partial charge in [0.25, 0.3) is 0 Å². The van der Waals surface area contributed by atoms with E-state index in [4.69, 9.17) is 5.73 Å². The Bertz CT molecular complexity index is 460. The monoisotopic (exact) mass is 341 g/mol. The van der Waals surface area contributed by atoms with Gasteiger partial charge in [-0.1, -0.05) is 48.7 Å². The van der Waals surface area contributed by atoms with Gasteiger partial charge in [-0.05, 0) is 55.2 Å². The molecule has 1 aliphatic carbocycles. The smallest absolute Gasteiger partial charge is 0.124 e. The zero-order chi connectivity index (χ0) is 14.8. The van der Waals surface area contributed by atoms with Crippen LogP contribution in [0.1, 0.15) is 51.5 Å². The van der Waals surface area contributed by atoms with Crippen LogP contribution in [0.5, 0.6) is 0 Å². The van der Waals surface area contributed by atoms with E-state index in [0.29, 0.717) is 0 Å². The van der Waals surface area contributed by atoms with Gasteiger partial charge in [-0.25, -0.2) is 4.39 Å². The molecular weight excluding hydrogens is 317 g/mol. The molecule has 1 aromatic carbocycles. The number of rotatable bonds is 3. The molecule has 0 heterocycles. The summed E-state index contributed by atoms with van der Waals surface area (Å²) in [4.78, 5) is 0. The molecule has 3 heteroatoms. The van der Waals surface area contributed by atoms with Gasteiger partial charge in [0.2, 0.25) is 0 Å². The largest absolute Gasteiger partial charge is 0.325 e. The Hall–Kier alpha value is -0.410. The minimum absolute atomic E-state index is 0.135. The molecule has 1 aromatic rings. The predicted octanol–water partition coefficient (Wildman–Crippen LogP) is 5.06. The number of halogens is 2. The molecule has 0 bridgehead atoms. The summed E-state index contributed by atoms with van der Waals surface area (Å²) < 4.78 is 14.0. The lowest BCUT2D eigenvalue weighted by Crippen LogP contribution is -2.41. The van der Waals surface area contributed by atoms with Crippen LogP contribution in [0.2, 0.25) is 0 Å².